The molecule has 1 unspecified atom stereocenters. The summed E-state index contributed by atoms with van der Waals surface area (Å²) in [4.78, 5) is 23.0. The van der Waals surface area contributed by atoms with Gasteiger partial charge in [0.15, 0.2) is 0 Å². The summed E-state index contributed by atoms with van der Waals surface area (Å²) in [7, 11) is 0. The first-order valence-corrected chi connectivity index (χ1v) is 7.00. The summed E-state index contributed by atoms with van der Waals surface area (Å²) < 4.78 is 0. The second kappa shape index (κ2) is 8.68. The summed E-state index contributed by atoms with van der Waals surface area (Å²) in [6.45, 7) is -0.332. The van der Waals surface area contributed by atoms with Crippen LogP contribution in [0.15, 0.2) is 30.3 Å². The molecular weight excluding hydrogens is 266 g/mol. The van der Waals surface area contributed by atoms with E-state index in [0.29, 0.717) is 0 Å². The van der Waals surface area contributed by atoms with Crippen LogP contribution in [0.25, 0.3) is 0 Å². The van der Waals surface area contributed by atoms with Crippen molar-refractivity contribution in [3.05, 3.63) is 35.9 Å². The van der Waals surface area contributed by atoms with Crippen molar-refractivity contribution in [1.29, 1.82) is 0 Å². The summed E-state index contributed by atoms with van der Waals surface area (Å²) in [5.74, 6) is -0.399. The highest BCUT2D eigenvalue weighted by atomic mass is 32.2. The molecule has 0 saturated carbocycles. The Labute approximate surface area is 116 Å². The molecule has 3 N–H and O–H groups in total. The third-order valence-corrected chi connectivity index (χ3v) is 3.33. The Kier molecular flexibility index (Phi) is 7.17. The molecule has 0 spiro atoms. The van der Waals surface area contributed by atoms with Crippen molar-refractivity contribution in [2.75, 3.05) is 18.1 Å². The van der Waals surface area contributed by atoms with Gasteiger partial charge in [0.25, 0.3) is 0 Å². The first-order chi connectivity index (χ1) is 9.11. The molecule has 19 heavy (non-hydrogen) atoms. The van der Waals surface area contributed by atoms with Crippen molar-refractivity contribution in [3.8, 4) is 0 Å². The van der Waals surface area contributed by atoms with Crippen LogP contribution in [0.5, 0.6) is 0 Å². The number of hydrogen-bond donors (Lipinski definition) is 3. The molecule has 0 aliphatic heterocycles. The molecule has 5 nitrogen and oxygen atoms in total. The van der Waals surface area contributed by atoms with Crippen LogP contribution >= 0.6 is 11.8 Å². The molecule has 1 aromatic carbocycles. The number of aliphatic hydroxyl groups excluding tert-OH is 2. The van der Waals surface area contributed by atoms with Crippen molar-refractivity contribution in [2.45, 2.75) is 12.5 Å². The Morgan fingerprint density at radius 1 is 1.21 bits per heavy atom. The molecule has 1 aromatic rings. The predicted octanol–water partition coefficient (Wildman–Crippen LogP) is -0.0417. The maximum absolute atomic E-state index is 11.5. The minimum Gasteiger partial charge on any atom is -0.394 e. The number of nitrogens with one attached hydrogen (secondary N) is 1. The molecule has 1 rings (SSSR count). The monoisotopic (exact) mass is 283 g/mol. The van der Waals surface area contributed by atoms with Gasteiger partial charge in [-0.05, 0) is 5.56 Å². The van der Waals surface area contributed by atoms with Crippen LogP contribution in [0.3, 0.4) is 0 Å². The standard InChI is InChI=1S/C13H17NO4S/c15-7-11(16)8-19-9-13(18)14-12(17)6-10-4-2-1-3-5-10/h1-5,11,15-16H,6-9H2,(H,14,17,18). The lowest BCUT2D eigenvalue weighted by Crippen LogP contribution is -2.33. The third-order valence-electron chi connectivity index (χ3n) is 2.24. The van der Waals surface area contributed by atoms with E-state index in [9.17, 15) is 9.59 Å². The molecule has 0 aliphatic carbocycles. The molecule has 0 radical (unpaired) electrons. The average molecular weight is 283 g/mol. The number of carbonyl (C=O) groups excluding carboxylic acids is 2. The zero-order chi connectivity index (χ0) is 14.1. The number of carbonyl (C=O) groups is 2. The highest BCUT2D eigenvalue weighted by molar-refractivity contribution is 7.99. The van der Waals surface area contributed by atoms with E-state index in [-0.39, 0.29) is 30.4 Å². The second-order valence-electron chi connectivity index (χ2n) is 3.99. The minimum absolute atomic E-state index is 0.0809. The molecule has 0 saturated heterocycles. The topological polar surface area (TPSA) is 86.6 Å². The van der Waals surface area contributed by atoms with Crippen molar-refractivity contribution < 1.29 is 19.8 Å². The van der Waals surface area contributed by atoms with Gasteiger partial charge in [-0.25, -0.2) is 0 Å². The van der Waals surface area contributed by atoms with Gasteiger partial charge in [-0.3, -0.25) is 14.9 Å². The molecule has 1 atom stereocenters. The van der Waals surface area contributed by atoms with Crippen molar-refractivity contribution >= 4 is 23.6 Å². The van der Waals surface area contributed by atoms with Gasteiger partial charge in [0, 0.05) is 5.75 Å². The fraction of sp³-hybridized carbons (Fsp3) is 0.385. The Balaban J connectivity index is 2.23. The summed E-state index contributed by atoms with van der Waals surface area (Å²) in [5.41, 5.74) is 0.844. The Morgan fingerprint density at radius 2 is 1.89 bits per heavy atom. The smallest absolute Gasteiger partial charge is 0.236 e. The molecule has 2 amide bonds. The molecule has 0 bridgehead atoms. The SMILES string of the molecule is O=C(CSCC(O)CO)NC(=O)Cc1ccccc1. The third kappa shape index (κ3) is 6.95. The molecular formula is C13H17NO4S. The van der Waals surface area contributed by atoms with Crippen LogP contribution in [0, 0.1) is 0 Å². The average Bonchev–Trinajstić information content (AvgIpc) is 2.39. The number of amides is 2. The molecule has 0 aliphatic rings. The molecule has 0 heterocycles. The van der Waals surface area contributed by atoms with Crippen LogP contribution in [0.2, 0.25) is 0 Å². The van der Waals surface area contributed by atoms with Gasteiger partial charge in [0.1, 0.15) is 0 Å². The number of thioether (sulfide) groups is 1. The maximum atomic E-state index is 11.5. The van der Waals surface area contributed by atoms with E-state index in [1.807, 2.05) is 30.3 Å². The maximum Gasteiger partial charge on any atom is 0.236 e. The molecule has 104 valence electrons. The van der Waals surface area contributed by atoms with Gasteiger partial charge in [0.2, 0.25) is 11.8 Å². The zero-order valence-corrected chi connectivity index (χ0v) is 11.2. The summed E-state index contributed by atoms with van der Waals surface area (Å²) in [5, 5.41) is 19.9. The summed E-state index contributed by atoms with van der Waals surface area (Å²) >= 11 is 1.17. The number of hydrogen-bond acceptors (Lipinski definition) is 5. The van der Waals surface area contributed by atoms with E-state index in [4.69, 9.17) is 10.2 Å². The van der Waals surface area contributed by atoms with E-state index in [1.165, 1.54) is 11.8 Å². The normalized spacial score (nSPS) is 11.9. The van der Waals surface area contributed by atoms with Crippen LogP contribution in [0.4, 0.5) is 0 Å². The van der Waals surface area contributed by atoms with E-state index in [2.05, 4.69) is 5.32 Å². The lowest BCUT2D eigenvalue weighted by Gasteiger charge is -2.07. The summed E-state index contributed by atoms with van der Waals surface area (Å²) in [6.07, 6.45) is -0.672. The number of rotatable bonds is 7. The second-order valence-corrected chi connectivity index (χ2v) is 5.02. The molecule has 0 fully saturated rings. The number of imide groups is 1. The van der Waals surface area contributed by atoms with Gasteiger partial charge in [-0.15, -0.1) is 11.8 Å². The summed E-state index contributed by atoms with van der Waals surface area (Å²) in [6, 6.07) is 9.15. The van der Waals surface area contributed by atoms with Gasteiger partial charge < -0.3 is 10.2 Å². The van der Waals surface area contributed by atoms with E-state index < -0.39 is 12.0 Å². The van der Waals surface area contributed by atoms with Crippen molar-refractivity contribution in [3.63, 3.8) is 0 Å². The number of aliphatic hydroxyl groups is 2. The minimum atomic E-state index is -0.835. The van der Waals surface area contributed by atoms with E-state index >= 15 is 0 Å². The fourth-order valence-corrected chi connectivity index (χ4v) is 2.11. The van der Waals surface area contributed by atoms with Gasteiger partial charge in [-0.1, -0.05) is 30.3 Å². The fourth-order valence-electron chi connectivity index (χ4n) is 1.36. The van der Waals surface area contributed by atoms with E-state index in [1.54, 1.807) is 0 Å². The quantitative estimate of drug-likeness (QED) is 0.653. The van der Waals surface area contributed by atoms with Gasteiger partial charge >= 0.3 is 0 Å². The molecule has 6 heteroatoms. The highest BCUT2D eigenvalue weighted by Crippen LogP contribution is 2.03. The van der Waals surface area contributed by atoms with Crippen molar-refractivity contribution in [2.24, 2.45) is 0 Å². The van der Waals surface area contributed by atoms with Crippen LogP contribution < -0.4 is 5.32 Å². The number of benzene rings is 1. The molecule has 0 aromatic heterocycles. The predicted molar refractivity (Wildman–Crippen MR) is 73.7 cm³/mol. The van der Waals surface area contributed by atoms with Gasteiger partial charge in [-0.2, -0.15) is 0 Å². The lowest BCUT2D eigenvalue weighted by atomic mass is 10.1. The Bertz CT molecular complexity index is 410. The first kappa shape index (κ1) is 15.7. The zero-order valence-electron chi connectivity index (χ0n) is 10.4. The highest BCUT2D eigenvalue weighted by Gasteiger charge is 2.10. The van der Waals surface area contributed by atoms with Crippen LogP contribution in [-0.4, -0.2) is 46.2 Å². The van der Waals surface area contributed by atoms with Gasteiger partial charge in [0.05, 0.1) is 24.9 Å². The van der Waals surface area contributed by atoms with Crippen LogP contribution in [-0.2, 0) is 16.0 Å². The Hall–Kier alpha value is -1.37. The van der Waals surface area contributed by atoms with Crippen molar-refractivity contribution in [1.82, 2.24) is 5.32 Å². The largest absolute Gasteiger partial charge is 0.394 e. The van der Waals surface area contributed by atoms with E-state index in [0.717, 1.165) is 5.56 Å². The lowest BCUT2D eigenvalue weighted by molar-refractivity contribution is -0.128. The first-order valence-electron chi connectivity index (χ1n) is 5.85. The van der Waals surface area contributed by atoms with Crippen LogP contribution in [0.1, 0.15) is 5.56 Å². The Morgan fingerprint density at radius 3 is 2.53 bits per heavy atom.